The summed E-state index contributed by atoms with van der Waals surface area (Å²) >= 11 is -2.66. The summed E-state index contributed by atoms with van der Waals surface area (Å²) in [5, 5.41) is 3.20. The van der Waals surface area contributed by atoms with E-state index in [0.717, 1.165) is 0 Å². The molecule has 0 radical (unpaired) electrons. The van der Waals surface area contributed by atoms with Crippen molar-refractivity contribution in [1.82, 2.24) is 14.9 Å². The first-order valence-corrected chi connectivity index (χ1v) is 3.87. The molecule has 1 amide bonds. The van der Waals surface area contributed by atoms with Gasteiger partial charge in [0.2, 0.25) is 5.89 Å². The number of hydrogen-bond acceptors (Lipinski definition) is 6. The molecule has 1 aromatic heterocycles. The molecule has 1 rings (SSSR count). The van der Waals surface area contributed by atoms with Crippen LogP contribution in [0.1, 0.15) is 16.5 Å². The third kappa shape index (κ3) is 2.10. The zero-order chi connectivity index (χ0) is 9.14. The number of carbonyl (C=O) groups excluding carboxylic acids is 1. The standard InChI is InChI=1S/C4H5N3O4S/c1-2-5-3(6-11-2)4(8)7-12(9)10/h1H3,(H,7,8)(H,9,10)/p-1. The van der Waals surface area contributed by atoms with Gasteiger partial charge in [-0.1, -0.05) is 5.16 Å². The van der Waals surface area contributed by atoms with Crippen LogP contribution in [0.25, 0.3) is 0 Å². The molecule has 0 spiro atoms. The molecule has 0 aliphatic carbocycles. The minimum absolute atomic E-state index is 0.192. The van der Waals surface area contributed by atoms with Crippen LogP contribution >= 0.6 is 0 Å². The molecule has 66 valence electrons. The summed E-state index contributed by atoms with van der Waals surface area (Å²) in [5.74, 6) is -1.03. The molecule has 0 aliphatic heterocycles. The molecule has 0 saturated carbocycles. The molecule has 12 heavy (non-hydrogen) atoms. The normalized spacial score (nSPS) is 12.5. The second kappa shape index (κ2) is 3.41. The molecule has 0 bridgehead atoms. The first kappa shape index (κ1) is 8.81. The topological polar surface area (TPSA) is 108 Å². The van der Waals surface area contributed by atoms with Gasteiger partial charge in [-0.25, -0.2) is 0 Å². The minimum atomic E-state index is -2.66. The Hall–Kier alpha value is -1.28. The van der Waals surface area contributed by atoms with Crippen LogP contribution in [0.5, 0.6) is 0 Å². The van der Waals surface area contributed by atoms with Crippen molar-refractivity contribution in [2.45, 2.75) is 6.92 Å². The molecule has 1 unspecified atom stereocenters. The van der Waals surface area contributed by atoms with E-state index in [1.165, 1.54) is 6.92 Å². The number of rotatable bonds is 2. The molecular weight excluding hydrogens is 186 g/mol. The van der Waals surface area contributed by atoms with Gasteiger partial charge < -0.3 is 9.08 Å². The number of amides is 1. The van der Waals surface area contributed by atoms with Crippen LogP contribution in [-0.4, -0.2) is 24.8 Å². The monoisotopic (exact) mass is 190 g/mol. The van der Waals surface area contributed by atoms with E-state index in [1.54, 1.807) is 4.72 Å². The van der Waals surface area contributed by atoms with Gasteiger partial charge in [-0.15, -0.1) is 0 Å². The average Bonchev–Trinajstić information content (AvgIpc) is 2.34. The van der Waals surface area contributed by atoms with Crippen molar-refractivity contribution in [3.05, 3.63) is 11.7 Å². The number of nitrogens with zero attached hydrogens (tertiary/aromatic N) is 2. The fourth-order valence-corrected chi connectivity index (χ4v) is 0.755. The molecule has 7 nitrogen and oxygen atoms in total. The summed E-state index contributed by atoms with van der Waals surface area (Å²) in [7, 11) is 0. The van der Waals surface area contributed by atoms with Gasteiger partial charge in [-0.3, -0.25) is 13.7 Å². The third-order valence-electron chi connectivity index (χ3n) is 0.907. The van der Waals surface area contributed by atoms with E-state index in [2.05, 4.69) is 14.7 Å². The summed E-state index contributed by atoms with van der Waals surface area (Å²) < 4.78 is 26.0. The van der Waals surface area contributed by atoms with Gasteiger partial charge in [-0.2, -0.15) is 4.98 Å². The fraction of sp³-hybridized carbons (Fsp3) is 0.250. The Morgan fingerprint density at radius 3 is 2.83 bits per heavy atom. The van der Waals surface area contributed by atoms with Crippen molar-refractivity contribution in [1.29, 1.82) is 0 Å². The van der Waals surface area contributed by atoms with Gasteiger partial charge in [-0.05, 0) is 0 Å². The molecule has 0 fully saturated rings. The highest BCUT2D eigenvalue weighted by molar-refractivity contribution is 7.77. The Morgan fingerprint density at radius 1 is 1.75 bits per heavy atom. The van der Waals surface area contributed by atoms with Gasteiger partial charge in [0.1, 0.15) is 0 Å². The van der Waals surface area contributed by atoms with Gasteiger partial charge in [0.25, 0.3) is 5.82 Å². The zero-order valence-corrected chi connectivity index (χ0v) is 6.75. The highest BCUT2D eigenvalue weighted by Gasteiger charge is 2.11. The minimum Gasteiger partial charge on any atom is -0.755 e. The quantitative estimate of drug-likeness (QED) is 0.593. The Kier molecular flexibility index (Phi) is 2.51. The molecule has 0 aliphatic rings. The summed E-state index contributed by atoms with van der Waals surface area (Å²) in [6, 6.07) is 0. The second-order valence-electron chi connectivity index (χ2n) is 1.80. The molecule has 0 aromatic carbocycles. The van der Waals surface area contributed by atoms with E-state index in [0.29, 0.717) is 0 Å². The maximum absolute atomic E-state index is 10.8. The first-order valence-electron chi connectivity index (χ1n) is 2.80. The lowest BCUT2D eigenvalue weighted by atomic mass is 10.6. The molecule has 1 atom stereocenters. The lowest BCUT2D eigenvalue weighted by Gasteiger charge is -2.02. The molecule has 1 N–H and O–H groups in total. The summed E-state index contributed by atoms with van der Waals surface area (Å²) in [5.41, 5.74) is 0. The van der Waals surface area contributed by atoms with Crippen LogP contribution in [0, 0.1) is 6.92 Å². The number of carbonyl (C=O) groups is 1. The Morgan fingerprint density at radius 2 is 2.42 bits per heavy atom. The van der Waals surface area contributed by atoms with Crippen LogP contribution in [0.15, 0.2) is 4.52 Å². The number of nitrogens with one attached hydrogen (secondary N) is 1. The van der Waals surface area contributed by atoms with Crippen LogP contribution < -0.4 is 4.72 Å². The Bertz CT molecular complexity index is 322. The molecule has 0 saturated heterocycles. The summed E-state index contributed by atoms with van der Waals surface area (Å²) in [6.07, 6.45) is 0. The van der Waals surface area contributed by atoms with Crippen molar-refractivity contribution >= 4 is 17.2 Å². The highest BCUT2D eigenvalue weighted by atomic mass is 32.2. The van der Waals surface area contributed by atoms with E-state index in [4.69, 9.17) is 0 Å². The molecule has 1 heterocycles. The van der Waals surface area contributed by atoms with E-state index in [9.17, 15) is 13.6 Å². The van der Waals surface area contributed by atoms with Crippen molar-refractivity contribution < 1.29 is 18.1 Å². The Labute approximate surface area is 69.6 Å². The van der Waals surface area contributed by atoms with Crippen LogP contribution in [0.4, 0.5) is 0 Å². The largest absolute Gasteiger partial charge is 0.755 e. The highest BCUT2D eigenvalue weighted by Crippen LogP contribution is 1.93. The van der Waals surface area contributed by atoms with Gasteiger partial charge >= 0.3 is 5.91 Å². The molecule has 8 heteroatoms. The maximum atomic E-state index is 10.8. The summed E-state index contributed by atoms with van der Waals surface area (Å²) in [4.78, 5) is 14.3. The van der Waals surface area contributed by atoms with Gasteiger partial charge in [0.15, 0.2) is 0 Å². The molecule has 1 aromatic rings. The lowest BCUT2D eigenvalue weighted by molar-refractivity contribution is 0.0967. The van der Waals surface area contributed by atoms with Crippen molar-refractivity contribution in [2.75, 3.05) is 0 Å². The van der Waals surface area contributed by atoms with Crippen molar-refractivity contribution in [2.24, 2.45) is 0 Å². The second-order valence-corrected chi connectivity index (χ2v) is 2.48. The van der Waals surface area contributed by atoms with Crippen LogP contribution in [0.2, 0.25) is 0 Å². The lowest BCUT2D eigenvalue weighted by Crippen LogP contribution is -2.26. The fourth-order valence-electron chi connectivity index (χ4n) is 0.513. The van der Waals surface area contributed by atoms with Crippen molar-refractivity contribution in [3.8, 4) is 0 Å². The Balaban J connectivity index is 2.72. The van der Waals surface area contributed by atoms with Crippen molar-refractivity contribution in [3.63, 3.8) is 0 Å². The van der Waals surface area contributed by atoms with Gasteiger partial charge in [0, 0.05) is 18.2 Å². The predicted molar refractivity (Wildman–Crippen MR) is 35.4 cm³/mol. The van der Waals surface area contributed by atoms with Gasteiger partial charge in [0.05, 0.1) is 0 Å². The first-order chi connectivity index (χ1) is 5.59. The summed E-state index contributed by atoms with van der Waals surface area (Å²) in [6.45, 7) is 1.48. The number of hydrogen-bond donors (Lipinski definition) is 1. The van der Waals surface area contributed by atoms with E-state index in [-0.39, 0.29) is 11.7 Å². The average molecular weight is 190 g/mol. The van der Waals surface area contributed by atoms with E-state index in [1.807, 2.05) is 0 Å². The maximum Gasteiger partial charge on any atom is 0.303 e. The molecular formula is C4H4N3O4S-. The smallest absolute Gasteiger partial charge is 0.303 e. The SMILES string of the molecule is Cc1nc(C(=O)NS(=O)[O-])no1. The predicted octanol–water partition coefficient (Wildman–Crippen LogP) is -1.10. The zero-order valence-electron chi connectivity index (χ0n) is 5.94. The van der Waals surface area contributed by atoms with Crippen LogP contribution in [-0.2, 0) is 11.3 Å². The third-order valence-corrected chi connectivity index (χ3v) is 1.26. The van der Waals surface area contributed by atoms with Crippen LogP contribution in [0.3, 0.4) is 0 Å². The van der Waals surface area contributed by atoms with E-state index >= 15 is 0 Å². The number of aryl methyl sites for hydroxylation is 1. The van der Waals surface area contributed by atoms with E-state index < -0.39 is 17.2 Å². The number of aromatic nitrogens is 2.